The Hall–Kier alpha value is -1.39. The summed E-state index contributed by atoms with van der Waals surface area (Å²) in [6.07, 6.45) is 0. The maximum Gasteiger partial charge on any atom is 0.133 e. The molecule has 1 unspecified atom stereocenters. The average Bonchev–Trinajstić information content (AvgIpc) is 2.43. The second-order valence-corrected chi connectivity index (χ2v) is 5.92. The van der Waals surface area contributed by atoms with Crippen molar-refractivity contribution in [1.29, 1.82) is 0 Å². The van der Waals surface area contributed by atoms with Crippen LogP contribution in [0.2, 0.25) is 0 Å². The Bertz CT molecular complexity index is 596. The first-order valence-corrected chi connectivity index (χ1v) is 7.37. The van der Waals surface area contributed by atoms with Crippen LogP contribution in [-0.2, 0) is 0 Å². The van der Waals surface area contributed by atoms with Crippen molar-refractivity contribution in [3.8, 4) is 0 Å². The zero-order valence-corrected chi connectivity index (χ0v) is 12.3. The molecule has 2 aromatic rings. The van der Waals surface area contributed by atoms with E-state index in [2.05, 4.69) is 0 Å². The summed E-state index contributed by atoms with van der Waals surface area (Å²) in [5.41, 5.74) is 7.51. The molecular weight excluding hydrogens is 276 g/mol. The molecule has 0 bridgehead atoms. The highest BCUT2D eigenvalue weighted by Gasteiger charge is 2.18. The topological polar surface area (TPSA) is 26.0 Å². The van der Waals surface area contributed by atoms with Gasteiger partial charge in [-0.25, -0.2) is 8.78 Å². The van der Waals surface area contributed by atoms with E-state index in [1.807, 2.05) is 31.2 Å². The molecule has 0 heterocycles. The number of halogens is 2. The largest absolute Gasteiger partial charge is 0.323 e. The Morgan fingerprint density at radius 2 is 1.70 bits per heavy atom. The van der Waals surface area contributed by atoms with Gasteiger partial charge in [0.05, 0.1) is 0 Å². The van der Waals surface area contributed by atoms with Gasteiger partial charge < -0.3 is 5.73 Å². The first-order valence-electron chi connectivity index (χ1n) is 6.38. The van der Waals surface area contributed by atoms with Crippen molar-refractivity contribution in [3.05, 3.63) is 64.7 Å². The average molecular weight is 293 g/mol. The maximum atomic E-state index is 14.0. The summed E-state index contributed by atoms with van der Waals surface area (Å²) in [5, 5.41) is 0. The highest BCUT2D eigenvalue weighted by atomic mass is 32.2. The standard InChI is InChI=1S/C16H17F2NS/c1-10-3-6-12(7-4-10)20-9-14(19)15-13(17)8-5-11(2)16(15)18/h3-8,14H,9,19H2,1-2H3. The Kier molecular flexibility index (Phi) is 4.78. The molecule has 20 heavy (non-hydrogen) atoms. The van der Waals surface area contributed by atoms with Gasteiger partial charge in [-0.3, -0.25) is 0 Å². The number of nitrogens with two attached hydrogens (primary N) is 1. The van der Waals surface area contributed by atoms with E-state index < -0.39 is 17.7 Å². The second kappa shape index (κ2) is 6.37. The molecule has 1 atom stereocenters. The molecule has 4 heteroatoms. The second-order valence-electron chi connectivity index (χ2n) is 4.82. The molecule has 0 aliphatic heterocycles. The predicted molar refractivity (Wildman–Crippen MR) is 79.9 cm³/mol. The van der Waals surface area contributed by atoms with Gasteiger partial charge in [-0.1, -0.05) is 23.8 Å². The van der Waals surface area contributed by atoms with Crippen molar-refractivity contribution < 1.29 is 8.78 Å². The number of rotatable bonds is 4. The van der Waals surface area contributed by atoms with Gasteiger partial charge in [0.25, 0.3) is 0 Å². The molecule has 0 aliphatic rings. The molecule has 0 saturated heterocycles. The van der Waals surface area contributed by atoms with E-state index in [1.54, 1.807) is 6.92 Å². The highest BCUT2D eigenvalue weighted by molar-refractivity contribution is 7.99. The summed E-state index contributed by atoms with van der Waals surface area (Å²) < 4.78 is 27.7. The third kappa shape index (κ3) is 3.38. The van der Waals surface area contributed by atoms with Crippen LogP contribution in [-0.4, -0.2) is 5.75 Å². The van der Waals surface area contributed by atoms with Crippen LogP contribution in [0, 0.1) is 25.5 Å². The molecule has 0 amide bonds. The lowest BCUT2D eigenvalue weighted by atomic mass is 10.0. The zero-order chi connectivity index (χ0) is 14.7. The van der Waals surface area contributed by atoms with E-state index in [4.69, 9.17) is 5.73 Å². The molecule has 1 nitrogen and oxygen atoms in total. The maximum absolute atomic E-state index is 14.0. The third-order valence-corrected chi connectivity index (χ3v) is 4.27. The van der Waals surface area contributed by atoms with Gasteiger partial charge in [-0.05, 0) is 37.6 Å². The van der Waals surface area contributed by atoms with E-state index in [9.17, 15) is 8.78 Å². The van der Waals surface area contributed by atoms with E-state index in [0.29, 0.717) is 11.3 Å². The molecule has 106 valence electrons. The van der Waals surface area contributed by atoms with E-state index in [0.717, 1.165) is 4.90 Å². The third-order valence-electron chi connectivity index (χ3n) is 3.14. The summed E-state index contributed by atoms with van der Waals surface area (Å²) in [6.45, 7) is 3.62. The molecule has 0 fully saturated rings. The van der Waals surface area contributed by atoms with Crippen molar-refractivity contribution in [3.63, 3.8) is 0 Å². The summed E-state index contributed by atoms with van der Waals surface area (Å²) in [4.78, 5) is 1.04. The van der Waals surface area contributed by atoms with Crippen molar-refractivity contribution in [2.75, 3.05) is 5.75 Å². The van der Waals surface area contributed by atoms with Crippen LogP contribution in [0.4, 0.5) is 8.78 Å². The zero-order valence-electron chi connectivity index (χ0n) is 11.5. The van der Waals surface area contributed by atoms with Gasteiger partial charge in [-0.15, -0.1) is 11.8 Å². The van der Waals surface area contributed by atoms with Gasteiger partial charge in [-0.2, -0.15) is 0 Å². The molecule has 0 saturated carbocycles. The number of benzene rings is 2. The molecule has 0 radical (unpaired) electrons. The summed E-state index contributed by atoms with van der Waals surface area (Å²) >= 11 is 1.50. The minimum absolute atomic E-state index is 0.0235. The quantitative estimate of drug-likeness (QED) is 0.847. The van der Waals surface area contributed by atoms with Crippen molar-refractivity contribution in [2.45, 2.75) is 24.8 Å². The van der Waals surface area contributed by atoms with Crippen LogP contribution in [0.3, 0.4) is 0 Å². The van der Waals surface area contributed by atoms with Crippen LogP contribution in [0.5, 0.6) is 0 Å². The first-order chi connectivity index (χ1) is 9.49. The molecule has 2 aromatic carbocycles. The number of thioether (sulfide) groups is 1. The van der Waals surface area contributed by atoms with Gasteiger partial charge in [0.15, 0.2) is 0 Å². The molecule has 2 N–H and O–H groups in total. The summed E-state index contributed by atoms with van der Waals surface area (Å²) in [5.74, 6) is -0.688. The lowest BCUT2D eigenvalue weighted by molar-refractivity contribution is 0.533. The fourth-order valence-corrected chi connectivity index (χ4v) is 2.79. The molecule has 0 aliphatic carbocycles. The van der Waals surface area contributed by atoms with Crippen LogP contribution in [0.25, 0.3) is 0 Å². The first kappa shape index (κ1) is 15.0. The van der Waals surface area contributed by atoms with Gasteiger partial charge >= 0.3 is 0 Å². The van der Waals surface area contributed by atoms with Crippen molar-refractivity contribution in [1.82, 2.24) is 0 Å². The van der Waals surface area contributed by atoms with E-state index >= 15 is 0 Å². The van der Waals surface area contributed by atoms with Gasteiger partial charge in [0.1, 0.15) is 11.6 Å². The Balaban J connectivity index is 2.11. The lowest BCUT2D eigenvalue weighted by Crippen LogP contribution is -2.17. The predicted octanol–water partition coefficient (Wildman–Crippen LogP) is 4.37. The fraction of sp³-hybridized carbons (Fsp3) is 0.250. The normalized spacial score (nSPS) is 12.4. The smallest absolute Gasteiger partial charge is 0.133 e. The number of hydrogen-bond acceptors (Lipinski definition) is 2. The highest BCUT2D eigenvalue weighted by Crippen LogP contribution is 2.27. The Morgan fingerprint density at radius 3 is 2.35 bits per heavy atom. The Morgan fingerprint density at radius 1 is 1.05 bits per heavy atom. The summed E-state index contributed by atoms with van der Waals surface area (Å²) in [7, 11) is 0. The van der Waals surface area contributed by atoms with Crippen LogP contribution in [0.1, 0.15) is 22.7 Å². The minimum atomic E-state index is -0.666. The fourth-order valence-electron chi connectivity index (χ4n) is 1.92. The number of aryl methyl sites for hydroxylation is 2. The molecule has 0 spiro atoms. The summed E-state index contributed by atoms with van der Waals surface area (Å²) in [6, 6.07) is 9.99. The van der Waals surface area contributed by atoms with Crippen molar-refractivity contribution in [2.24, 2.45) is 5.73 Å². The van der Waals surface area contributed by atoms with Gasteiger partial charge in [0.2, 0.25) is 0 Å². The number of hydrogen-bond donors (Lipinski definition) is 1. The molecule has 0 aromatic heterocycles. The monoisotopic (exact) mass is 293 g/mol. The van der Waals surface area contributed by atoms with Crippen LogP contribution in [0.15, 0.2) is 41.3 Å². The lowest BCUT2D eigenvalue weighted by Gasteiger charge is -2.15. The SMILES string of the molecule is Cc1ccc(SCC(N)c2c(F)ccc(C)c2F)cc1. The molecular formula is C16H17F2NS. The van der Waals surface area contributed by atoms with Crippen LogP contribution >= 0.6 is 11.8 Å². The van der Waals surface area contributed by atoms with E-state index in [1.165, 1.54) is 29.5 Å². The molecule has 2 rings (SSSR count). The van der Waals surface area contributed by atoms with Crippen molar-refractivity contribution >= 4 is 11.8 Å². The Labute approximate surface area is 122 Å². The minimum Gasteiger partial charge on any atom is -0.323 e. The van der Waals surface area contributed by atoms with E-state index in [-0.39, 0.29) is 5.56 Å². The van der Waals surface area contributed by atoms with Crippen LogP contribution < -0.4 is 5.73 Å². The van der Waals surface area contributed by atoms with Gasteiger partial charge in [0, 0.05) is 22.3 Å².